The van der Waals surface area contributed by atoms with Crippen LogP contribution in [0.1, 0.15) is 35.1 Å². The first-order chi connectivity index (χ1) is 18.2. The van der Waals surface area contributed by atoms with Crippen LogP contribution in [0.4, 0.5) is 0 Å². The molecule has 4 aliphatic heterocycles. The van der Waals surface area contributed by atoms with Crippen LogP contribution in [-0.2, 0) is 22.4 Å². The number of hydrogen-bond acceptors (Lipinski definition) is 6. The fraction of sp³-hybridized carbons (Fsp3) is 0.533. The first-order valence-electron chi connectivity index (χ1n) is 13.8. The molecule has 8 heteroatoms. The minimum Gasteiger partial charge on any atom is -0.392 e. The Balaban J connectivity index is 0.000000156. The van der Waals surface area contributed by atoms with Crippen LogP contribution < -0.4 is 10.6 Å². The summed E-state index contributed by atoms with van der Waals surface area (Å²) >= 11 is 0. The van der Waals surface area contributed by atoms with Crippen LogP contribution in [0.25, 0.3) is 0 Å². The first-order valence-corrected chi connectivity index (χ1v) is 13.8. The maximum Gasteiger partial charge on any atom is 0.246 e. The molecule has 0 saturated carbocycles. The first kappa shape index (κ1) is 26.8. The van der Waals surface area contributed by atoms with Crippen LogP contribution in [0.5, 0.6) is 0 Å². The van der Waals surface area contributed by atoms with Crippen molar-refractivity contribution >= 4 is 11.8 Å². The molecule has 38 heavy (non-hydrogen) atoms. The van der Waals surface area contributed by atoms with Crippen LogP contribution in [0.15, 0.2) is 48.5 Å². The number of rotatable bonds is 4. The molecule has 4 heterocycles. The minimum absolute atomic E-state index is 0.0910. The quantitative estimate of drug-likeness (QED) is 0.479. The predicted octanol–water partition coefficient (Wildman–Crippen LogP) is 0.942. The summed E-state index contributed by atoms with van der Waals surface area (Å²) in [6, 6.07) is 16.8. The van der Waals surface area contributed by atoms with Crippen molar-refractivity contribution in [2.45, 2.75) is 75.9 Å². The molecule has 8 nitrogen and oxygen atoms in total. The van der Waals surface area contributed by atoms with E-state index in [0.717, 1.165) is 43.6 Å². The number of fused-ring (bicyclic) bond motifs is 2. The number of carbonyl (C=O) groups excluding carboxylic acids is 2. The van der Waals surface area contributed by atoms with Gasteiger partial charge in [0.15, 0.2) is 0 Å². The average Bonchev–Trinajstić information content (AvgIpc) is 3.47. The highest BCUT2D eigenvalue weighted by molar-refractivity contribution is 5.97. The lowest BCUT2D eigenvalue weighted by Gasteiger charge is -2.35. The third kappa shape index (κ3) is 6.26. The van der Waals surface area contributed by atoms with Gasteiger partial charge in [0.2, 0.25) is 11.8 Å². The van der Waals surface area contributed by atoms with Crippen molar-refractivity contribution in [1.29, 1.82) is 0 Å². The van der Waals surface area contributed by atoms with Gasteiger partial charge in [-0.2, -0.15) is 0 Å². The number of benzene rings is 2. The Bertz CT molecular complexity index is 1120. The fourth-order valence-corrected chi connectivity index (χ4v) is 6.12. The molecule has 2 aromatic carbocycles. The fourth-order valence-electron chi connectivity index (χ4n) is 6.12. The van der Waals surface area contributed by atoms with Gasteiger partial charge in [-0.05, 0) is 37.8 Å². The number of hydrogen-bond donors (Lipinski definition) is 4. The number of nitrogens with zero attached hydrogens (tertiary/aromatic N) is 2. The summed E-state index contributed by atoms with van der Waals surface area (Å²) in [5.41, 5.74) is 4.90. The molecule has 4 saturated heterocycles. The Morgan fingerprint density at radius 2 is 1.42 bits per heavy atom. The van der Waals surface area contributed by atoms with Crippen molar-refractivity contribution < 1.29 is 19.8 Å². The van der Waals surface area contributed by atoms with Crippen molar-refractivity contribution in [2.24, 2.45) is 0 Å². The van der Waals surface area contributed by atoms with Crippen LogP contribution in [0, 0.1) is 13.8 Å². The Labute approximate surface area is 225 Å². The molecule has 4 N–H and O–H groups in total. The molecule has 2 aromatic rings. The van der Waals surface area contributed by atoms with Gasteiger partial charge in [-0.3, -0.25) is 14.5 Å². The molecule has 0 spiro atoms. The molecule has 0 aromatic heterocycles. The second-order valence-corrected chi connectivity index (χ2v) is 11.4. The van der Waals surface area contributed by atoms with Crippen molar-refractivity contribution in [3.05, 3.63) is 70.8 Å². The van der Waals surface area contributed by atoms with E-state index >= 15 is 0 Å². The lowest BCUT2D eigenvalue weighted by atomic mass is 10.0. The van der Waals surface area contributed by atoms with E-state index in [1.165, 1.54) is 16.0 Å². The molecule has 4 fully saturated rings. The van der Waals surface area contributed by atoms with E-state index in [1.807, 2.05) is 31.2 Å². The molecule has 6 atom stereocenters. The lowest BCUT2D eigenvalue weighted by Crippen LogP contribution is -2.61. The maximum absolute atomic E-state index is 12.4. The highest BCUT2D eigenvalue weighted by Crippen LogP contribution is 2.24. The second-order valence-electron chi connectivity index (χ2n) is 11.4. The number of nitrogens with one attached hydrogen (secondary N) is 2. The van der Waals surface area contributed by atoms with Gasteiger partial charge in [0, 0.05) is 51.1 Å². The van der Waals surface area contributed by atoms with Gasteiger partial charge < -0.3 is 25.7 Å². The van der Waals surface area contributed by atoms with Crippen molar-refractivity contribution in [2.75, 3.05) is 26.2 Å². The lowest BCUT2D eigenvalue weighted by molar-refractivity contribution is -0.147. The maximum atomic E-state index is 12.4. The molecule has 0 radical (unpaired) electrons. The van der Waals surface area contributed by atoms with E-state index in [4.69, 9.17) is 0 Å². The van der Waals surface area contributed by atoms with Crippen LogP contribution in [0.3, 0.4) is 0 Å². The van der Waals surface area contributed by atoms with E-state index in [9.17, 15) is 19.8 Å². The monoisotopic (exact) mass is 520 g/mol. The summed E-state index contributed by atoms with van der Waals surface area (Å²) in [4.78, 5) is 28.3. The van der Waals surface area contributed by atoms with Gasteiger partial charge in [0.05, 0.1) is 12.2 Å². The van der Waals surface area contributed by atoms with E-state index in [-0.39, 0.29) is 24.5 Å². The molecule has 204 valence electrons. The van der Waals surface area contributed by atoms with Gasteiger partial charge in [0.25, 0.3) is 0 Å². The van der Waals surface area contributed by atoms with E-state index in [0.29, 0.717) is 24.9 Å². The normalized spacial score (nSPS) is 30.8. The summed E-state index contributed by atoms with van der Waals surface area (Å²) in [6.07, 6.45) is 2.14. The van der Waals surface area contributed by atoms with Crippen molar-refractivity contribution in [3.8, 4) is 0 Å². The number of amides is 2. The summed E-state index contributed by atoms with van der Waals surface area (Å²) in [5.74, 6) is -0.245. The molecule has 6 rings (SSSR count). The molecule has 4 aliphatic rings. The Kier molecular flexibility index (Phi) is 8.14. The van der Waals surface area contributed by atoms with Crippen LogP contribution >= 0.6 is 0 Å². The predicted molar refractivity (Wildman–Crippen MR) is 146 cm³/mol. The zero-order valence-electron chi connectivity index (χ0n) is 22.3. The highest BCUT2D eigenvalue weighted by Gasteiger charge is 2.45. The summed E-state index contributed by atoms with van der Waals surface area (Å²) < 4.78 is 0. The van der Waals surface area contributed by atoms with Crippen LogP contribution in [-0.4, -0.2) is 94.4 Å². The zero-order chi connectivity index (χ0) is 26.8. The number of aliphatic hydroxyl groups is 2. The second kappa shape index (κ2) is 11.5. The van der Waals surface area contributed by atoms with Gasteiger partial charge in [-0.15, -0.1) is 0 Å². The summed E-state index contributed by atoms with van der Waals surface area (Å²) in [7, 11) is 0. The van der Waals surface area contributed by atoms with E-state index in [1.54, 1.807) is 0 Å². The van der Waals surface area contributed by atoms with E-state index in [2.05, 4.69) is 46.7 Å². The van der Waals surface area contributed by atoms with E-state index < -0.39 is 18.2 Å². The number of aliphatic hydroxyl groups excluding tert-OH is 2. The van der Waals surface area contributed by atoms with Crippen molar-refractivity contribution in [3.63, 3.8) is 0 Å². The topological polar surface area (TPSA) is 105 Å². The summed E-state index contributed by atoms with van der Waals surface area (Å²) in [5, 5.41) is 25.7. The molecular weight excluding hydrogens is 480 g/mol. The van der Waals surface area contributed by atoms with Gasteiger partial charge in [0.1, 0.15) is 12.1 Å². The number of aryl methyl sites for hydroxylation is 2. The average molecular weight is 521 g/mol. The zero-order valence-corrected chi connectivity index (χ0v) is 22.3. The van der Waals surface area contributed by atoms with Gasteiger partial charge >= 0.3 is 0 Å². The largest absolute Gasteiger partial charge is 0.392 e. The highest BCUT2D eigenvalue weighted by atomic mass is 16.3. The summed E-state index contributed by atoms with van der Waals surface area (Å²) in [6.45, 7) is 7.34. The Hall–Kier alpha value is -2.78. The standard InChI is InChI=1S/C15H18N2O3.C15H22N2O/c1-9-2-4-10(5-3-9)6-12-15(20)17-8-11(18)7-13(17)14(19)16-12;1-11-2-4-12(5-3-11)6-13-9-17-10-15(18)7-14(17)8-16-13/h2-5,11-13,18H,6-8H2,1H3,(H,16,19);2-5,13-16,18H,6-10H2,1H3/t11-,12+,13+;13-,14-,15+/m10/s1. The van der Waals surface area contributed by atoms with Gasteiger partial charge in [-0.25, -0.2) is 0 Å². The van der Waals surface area contributed by atoms with Gasteiger partial charge in [-0.1, -0.05) is 59.7 Å². The molecule has 0 bridgehead atoms. The SMILES string of the molecule is Cc1ccc(C[C@@H]2NC(=O)[C@@H]3C[C@@H](O)CN3C2=O)cc1.Cc1ccc(C[C@H]2CN3C[C@H](O)C[C@H]3CN2)cc1. The number of carbonyl (C=O) groups is 2. The van der Waals surface area contributed by atoms with Crippen LogP contribution in [0.2, 0.25) is 0 Å². The Morgan fingerprint density at radius 1 is 0.816 bits per heavy atom. The third-order valence-corrected chi connectivity index (χ3v) is 8.25. The van der Waals surface area contributed by atoms with Crippen molar-refractivity contribution in [1.82, 2.24) is 20.4 Å². The third-order valence-electron chi connectivity index (χ3n) is 8.25. The molecule has 0 unspecified atom stereocenters. The molecule has 2 amide bonds. The number of piperazine rings is 2. The smallest absolute Gasteiger partial charge is 0.246 e. The minimum atomic E-state index is -0.590. The molecular formula is C30H40N4O4. The molecule has 0 aliphatic carbocycles. The Morgan fingerprint density at radius 3 is 2.08 bits per heavy atom.